The first-order valence-electron chi connectivity index (χ1n) is 6.31. The molecule has 2 rings (SSSR count). The van der Waals surface area contributed by atoms with E-state index in [1.54, 1.807) is 18.2 Å². The predicted octanol–water partition coefficient (Wildman–Crippen LogP) is 3.01. The van der Waals surface area contributed by atoms with Gasteiger partial charge in [0.25, 0.3) is 0 Å². The summed E-state index contributed by atoms with van der Waals surface area (Å²) in [5.74, 6) is 0.377. The van der Waals surface area contributed by atoms with Gasteiger partial charge in [0.15, 0.2) is 0 Å². The van der Waals surface area contributed by atoms with Crippen LogP contribution in [0.4, 0.5) is 0 Å². The van der Waals surface area contributed by atoms with E-state index in [9.17, 15) is 13.5 Å². The Morgan fingerprint density at radius 2 is 1.70 bits per heavy atom. The lowest BCUT2D eigenvalue weighted by Crippen LogP contribution is -2.06. The number of para-hydroxylation sites is 1. The average Bonchev–Trinajstić information content (AvgIpc) is 2.46. The first-order valence-corrected chi connectivity index (χ1v) is 7.80. The molecule has 0 saturated carbocycles. The molecular weight excluding hydrogens is 276 g/mol. The van der Waals surface area contributed by atoms with Crippen LogP contribution in [0.3, 0.4) is 0 Å². The van der Waals surface area contributed by atoms with E-state index in [-0.39, 0.29) is 15.5 Å². The number of phenolic OH excluding ortho intramolecular Hbond substituents is 1. The lowest BCUT2D eigenvalue weighted by atomic mass is 10.3. The van der Waals surface area contributed by atoms with E-state index >= 15 is 0 Å². The first kappa shape index (κ1) is 14.4. The zero-order valence-corrected chi connectivity index (χ0v) is 11.9. The number of sulfone groups is 1. The summed E-state index contributed by atoms with van der Waals surface area (Å²) in [5, 5.41) is 9.24. The van der Waals surface area contributed by atoms with Crippen LogP contribution in [0.25, 0.3) is 0 Å². The molecule has 2 aromatic rings. The van der Waals surface area contributed by atoms with E-state index < -0.39 is 9.84 Å². The van der Waals surface area contributed by atoms with Crippen molar-refractivity contribution in [3.05, 3.63) is 48.5 Å². The van der Waals surface area contributed by atoms with Crippen LogP contribution >= 0.6 is 0 Å². The molecular formula is C15H16O4S. The number of phenols is 1. The molecule has 0 fully saturated rings. The summed E-state index contributed by atoms with van der Waals surface area (Å²) in [7, 11) is -3.65. The molecule has 5 heteroatoms. The zero-order valence-electron chi connectivity index (χ0n) is 11.1. The minimum atomic E-state index is -3.65. The molecule has 0 aliphatic heterocycles. The maximum absolute atomic E-state index is 12.6. The quantitative estimate of drug-likeness (QED) is 0.920. The SMILES string of the molecule is CCCOc1ccccc1S(=O)(=O)c1ccc(O)cc1. The number of rotatable bonds is 5. The van der Waals surface area contributed by atoms with Crippen molar-refractivity contribution >= 4 is 9.84 Å². The highest BCUT2D eigenvalue weighted by molar-refractivity contribution is 7.91. The fourth-order valence-electron chi connectivity index (χ4n) is 1.76. The third-order valence-electron chi connectivity index (χ3n) is 2.75. The Kier molecular flexibility index (Phi) is 4.29. The number of ether oxygens (including phenoxy) is 1. The summed E-state index contributed by atoms with van der Waals surface area (Å²) >= 11 is 0. The van der Waals surface area contributed by atoms with Gasteiger partial charge in [0.2, 0.25) is 9.84 Å². The fraction of sp³-hybridized carbons (Fsp3) is 0.200. The molecule has 20 heavy (non-hydrogen) atoms. The van der Waals surface area contributed by atoms with Crippen LogP contribution < -0.4 is 4.74 Å². The summed E-state index contributed by atoms with van der Waals surface area (Å²) in [6.07, 6.45) is 0.799. The van der Waals surface area contributed by atoms with Crippen LogP contribution in [0.2, 0.25) is 0 Å². The smallest absolute Gasteiger partial charge is 0.210 e. The third-order valence-corrected chi connectivity index (χ3v) is 4.56. The van der Waals surface area contributed by atoms with Crippen molar-refractivity contribution in [1.29, 1.82) is 0 Å². The van der Waals surface area contributed by atoms with Crippen LogP contribution in [-0.2, 0) is 9.84 Å². The van der Waals surface area contributed by atoms with Gasteiger partial charge >= 0.3 is 0 Å². The van der Waals surface area contributed by atoms with E-state index in [0.29, 0.717) is 12.4 Å². The van der Waals surface area contributed by atoms with Crippen LogP contribution in [0.5, 0.6) is 11.5 Å². The topological polar surface area (TPSA) is 63.6 Å². The lowest BCUT2D eigenvalue weighted by Gasteiger charge is -2.11. The Morgan fingerprint density at radius 3 is 2.35 bits per heavy atom. The second kappa shape index (κ2) is 5.96. The largest absolute Gasteiger partial charge is 0.508 e. The molecule has 0 radical (unpaired) electrons. The van der Waals surface area contributed by atoms with Crippen molar-refractivity contribution in [3.8, 4) is 11.5 Å². The van der Waals surface area contributed by atoms with E-state index in [0.717, 1.165) is 6.42 Å². The van der Waals surface area contributed by atoms with E-state index in [4.69, 9.17) is 4.74 Å². The Labute approximate surface area is 118 Å². The minimum absolute atomic E-state index is 0.0273. The molecule has 0 saturated heterocycles. The average molecular weight is 292 g/mol. The van der Waals surface area contributed by atoms with E-state index in [2.05, 4.69) is 0 Å². The molecule has 0 aliphatic rings. The second-order valence-corrected chi connectivity index (χ2v) is 6.21. The third kappa shape index (κ3) is 2.93. The van der Waals surface area contributed by atoms with Gasteiger partial charge in [0.05, 0.1) is 11.5 Å². The van der Waals surface area contributed by atoms with Crippen molar-refractivity contribution in [1.82, 2.24) is 0 Å². The van der Waals surface area contributed by atoms with Gasteiger partial charge in [0, 0.05) is 0 Å². The van der Waals surface area contributed by atoms with Gasteiger partial charge in [-0.05, 0) is 42.8 Å². The number of hydrogen-bond donors (Lipinski definition) is 1. The summed E-state index contributed by atoms with van der Waals surface area (Å²) < 4.78 is 30.6. The lowest BCUT2D eigenvalue weighted by molar-refractivity contribution is 0.309. The summed E-state index contributed by atoms with van der Waals surface area (Å²) in [6, 6.07) is 12.0. The van der Waals surface area contributed by atoms with Gasteiger partial charge in [-0.1, -0.05) is 19.1 Å². The van der Waals surface area contributed by atoms with Crippen molar-refractivity contribution in [2.75, 3.05) is 6.61 Å². The molecule has 0 bridgehead atoms. The standard InChI is InChI=1S/C15H16O4S/c1-2-11-19-14-5-3-4-6-15(14)20(17,18)13-9-7-12(16)8-10-13/h3-10,16H,2,11H2,1H3. The van der Waals surface area contributed by atoms with Gasteiger partial charge in [-0.2, -0.15) is 0 Å². The van der Waals surface area contributed by atoms with E-state index in [1.807, 2.05) is 6.92 Å². The molecule has 0 aromatic heterocycles. The van der Waals surface area contributed by atoms with E-state index in [1.165, 1.54) is 30.3 Å². The molecule has 0 heterocycles. The summed E-state index contributed by atoms with van der Waals surface area (Å²) in [5.41, 5.74) is 0. The van der Waals surface area contributed by atoms with Crippen LogP contribution in [0.15, 0.2) is 58.3 Å². The van der Waals surface area contributed by atoms with Gasteiger partial charge in [-0.15, -0.1) is 0 Å². The Balaban J connectivity index is 2.46. The van der Waals surface area contributed by atoms with Gasteiger partial charge in [0.1, 0.15) is 16.4 Å². The van der Waals surface area contributed by atoms with Crippen molar-refractivity contribution in [2.45, 2.75) is 23.1 Å². The van der Waals surface area contributed by atoms with Crippen LogP contribution in [-0.4, -0.2) is 20.1 Å². The number of benzene rings is 2. The van der Waals surface area contributed by atoms with Crippen LogP contribution in [0.1, 0.15) is 13.3 Å². The molecule has 0 aliphatic carbocycles. The van der Waals surface area contributed by atoms with Gasteiger partial charge < -0.3 is 9.84 Å². The molecule has 106 valence electrons. The second-order valence-electron chi connectivity index (χ2n) is 4.29. The van der Waals surface area contributed by atoms with Crippen LogP contribution in [0, 0.1) is 0 Å². The predicted molar refractivity (Wildman–Crippen MR) is 75.8 cm³/mol. The Hall–Kier alpha value is -2.01. The fourth-order valence-corrected chi connectivity index (χ4v) is 3.15. The molecule has 1 N–H and O–H groups in total. The van der Waals surface area contributed by atoms with Crippen molar-refractivity contribution < 1.29 is 18.3 Å². The maximum Gasteiger partial charge on any atom is 0.210 e. The monoisotopic (exact) mass is 292 g/mol. The molecule has 4 nitrogen and oxygen atoms in total. The maximum atomic E-state index is 12.6. The molecule has 2 aromatic carbocycles. The highest BCUT2D eigenvalue weighted by Gasteiger charge is 2.21. The first-order chi connectivity index (χ1) is 9.55. The molecule has 0 spiro atoms. The van der Waals surface area contributed by atoms with Gasteiger partial charge in [-0.25, -0.2) is 8.42 Å². The van der Waals surface area contributed by atoms with Crippen molar-refractivity contribution in [3.63, 3.8) is 0 Å². The highest BCUT2D eigenvalue weighted by Crippen LogP contribution is 2.30. The molecule has 0 unspecified atom stereocenters. The minimum Gasteiger partial charge on any atom is -0.508 e. The number of aromatic hydroxyl groups is 1. The highest BCUT2D eigenvalue weighted by atomic mass is 32.2. The summed E-state index contributed by atoms with van der Waals surface area (Å²) in [6.45, 7) is 2.42. The molecule has 0 atom stereocenters. The Morgan fingerprint density at radius 1 is 1.05 bits per heavy atom. The van der Waals surface area contributed by atoms with Gasteiger partial charge in [-0.3, -0.25) is 0 Å². The van der Waals surface area contributed by atoms with Crippen molar-refractivity contribution in [2.24, 2.45) is 0 Å². The number of hydrogen-bond acceptors (Lipinski definition) is 4. The zero-order chi connectivity index (χ0) is 14.6. The molecule has 0 amide bonds. The summed E-state index contributed by atoms with van der Waals surface area (Å²) in [4.78, 5) is 0.266. The normalized spacial score (nSPS) is 11.2. The Bertz CT molecular complexity index is 675.